The Morgan fingerprint density at radius 2 is 1.95 bits per heavy atom. The van der Waals surface area contributed by atoms with Crippen molar-refractivity contribution in [2.75, 3.05) is 24.6 Å². The van der Waals surface area contributed by atoms with Crippen molar-refractivity contribution in [3.63, 3.8) is 0 Å². The molecule has 3 nitrogen and oxygen atoms in total. The second kappa shape index (κ2) is 6.87. The highest BCUT2D eigenvalue weighted by Crippen LogP contribution is 2.45. The van der Waals surface area contributed by atoms with Crippen LogP contribution in [0.2, 0.25) is 0 Å². The number of nitrogens with one attached hydrogen (secondary N) is 2. The molecule has 3 rings (SSSR count). The quantitative estimate of drug-likeness (QED) is 0.901. The monoisotopic (exact) mass is 308 g/mol. The molecule has 2 aliphatic rings. The van der Waals surface area contributed by atoms with Crippen molar-refractivity contribution in [2.45, 2.75) is 23.5 Å². The van der Waals surface area contributed by atoms with Gasteiger partial charge < -0.3 is 10.6 Å². The zero-order valence-corrected chi connectivity index (χ0v) is 13.1. The minimum absolute atomic E-state index is 0.0528. The lowest BCUT2D eigenvalue weighted by Crippen LogP contribution is -2.45. The molecule has 1 aromatic carbocycles. The minimum Gasteiger partial charge on any atom is -0.348 e. The molecule has 0 spiro atoms. The molecule has 2 N–H and O–H groups in total. The van der Waals surface area contributed by atoms with Gasteiger partial charge in [0.25, 0.3) is 5.91 Å². The molecule has 0 aromatic heterocycles. The van der Waals surface area contributed by atoms with Crippen molar-refractivity contribution in [3.8, 4) is 0 Å². The van der Waals surface area contributed by atoms with Gasteiger partial charge in [-0.3, -0.25) is 4.79 Å². The second-order valence-corrected chi connectivity index (χ2v) is 7.94. The molecule has 108 valence electrons. The third kappa shape index (κ3) is 3.51. The van der Waals surface area contributed by atoms with Crippen LogP contribution in [-0.4, -0.2) is 36.5 Å². The average molecular weight is 308 g/mol. The number of hydrogen-bond acceptors (Lipinski definition) is 4. The predicted octanol–water partition coefficient (Wildman–Crippen LogP) is 2.65. The van der Waals surface area contributed by atoms with Crippen LogP contribution in [0.4, 0.5) is 0 Å². The Balaban J connectivity index is 1.59. The van der Waals surface area contributed by atoms with Crippen molar-refractivity contribution in [1.82, 2.24) is 10.6 Å². The molecule has 1 unspecified atom stereocenters. The number of amides is 1. The number of piperidine rings is 1. The maximum Gasteiger partial charge on any atom is 0.251 e. The van der Waals surface area contributed by atoms with Gasteiger partial charge >= 0.3 is 0 Å². The second-order valence-electron chi connectivity index (χ2n) is 5.21. The van der Waals surface area contributed by atoms with Crippen LogP contribution in [0.1, 0.15) is 33.3 Å². The molecule has 1 atom stereocenters. The molecule has 5 heteroatoms. The fourth-order valence-electron chi connectivity index (χ4n) is 2.59. The molecule has 2 heterocycles. The van der Waals surface area contributed by atoms with E-state index in [2.05, 4.69) is 22.8 Å². The van der Waals surface area contributed by atoms with Crippen LogP contribution < -0.4 is 10.6 Å². The molecule has 0 bridgehead atoms. The summed E-state index contributed by atoms with van der Waals surface area (Å²) >= 11 is 3.98. The zero-order chi connectivity index (χ0) is 13.8. The lowest BCUT2D eigenvalue weighted by atomic mass is 10.1. The standard InChI is InChI=1S/C15H20N2OS2/c18-14(17-13-2-1-7-16-10-13)11-3-5-12(6-4-11)15-19-8-9-20-15/h3-6,13,15-16H,1-2,7-10H2,(H,17,18). The maximum absolute atomic E-state index is 12.2. The van der Waals surface area contributed by atoms with Crippen molar-refractivity contribution < 1.29 is 4.79 Å². The summed E-state index contributed by atoms with van der Waals surface area (Å²) in [6, 6.07) is 8.39. The van der Waals surface area contributed by atoms with Gasteiger partial charge in [0, 0.05) is 29.7 Å². The topological polar surface area (TPSA) is 41.1 Å². The van der Waals surface area contributed by atoms with Crippen LogP contribution in [0.5, 0.6) is 0 Å². The van der Waals surface area contributed by atoms with E-state index in [1.807, 2.05) is 35.7 Å². The molecule has 2 saturated heterocycles. The number of carbonyl (C=O) groups excluding carboxylic acids is 1. The van der Waals surface area contributed by atoms with Gasteiger partial charge in [-0.05, 0) is 37.1 Å². The first-order valence-electron chi connectivity index (χ1n) is 7.18. The lowest BCUT2D eigenvalue weighted by Gasteiger charge is -2.23. The Labute approximate surface area is 128 Å². The highest BCUT2D eigenvalue weighted by molar-refractivity contribution is 8.19. The van der Waals surface area contributed by atoms with Gasteiger partial charge in [-0.2, -0.15) is 0 Å². The number of carbonyl (C=O) groups is 1. The van der Waals surface area contributed by atoms with Crippen LogP contribution in [0.25, 0.3) is 0 Å². The van der Waals surface area contributed by atoms with Gasteiger partial charge in [0.05, 0.1) is 4.58 Å². The summed E-state index contributed by atoms with van der Waals surface area (Å²) in [7, 11) is 0. The average Bonchev–Trinajstić information content (AvgIpc) is 3.03. The van der Waals surface area contributed by atoms with Crippen molar-refractivity contribution >= 4 is 29.4 Å². The van der Waals surface area contributed by atoms with E-state index in [4.69, 9.17) is 0 Å². The molecule has 2 aliphatic heterocycles. The van der Waals surface area contributed by atoms with Crippen LogP contribution in [0.3, 0.4) is 0 Å². The Bertz CT molecular complexity index is 451. The third-order valence-corrected chi connectivity index (χ3v) is 6.80. The van der Waals surface area contributed by atoms with E-state index in [0.29, 0.717) is 4.58 Å². The summed E-state index contributed by atoms with van der Waals surface area (Å²) in [4.78, 5) is 12.2. The van der Waals surface area contributed by atoms with E-state index >= 15 is 0 Å². The lowest BCUT2D eigenvalue weighted by molar-refractivity contribution is 0.0930. The first-order chi connectivity index (χ1) is 9.83. The number of benzene rings is 1. The van der Waals surface area contributed by atoms with E-state index in [9.17, 15) is 4.79 Å². The molecule has 0 aliphatic carbocycles. The van der Waals surface area contributed by atoms with Gasteiger partial charge in [-0.25, -0.2) is 0 Å². The van der Waals surface area contributed by atoms with Gasteiger partial charge in [0.1, 0.15) is 0 Å². The summed E-state index contributed by atoms with van der Waals surface area (Å²) < 4.78 is 0.551. The summed E-state index contributed by atoms with van der Waals surface area (Å²) in [5, 5.41) is 6.43. The van der Waals surface area contributed by atoms with E-state index in [1.54, 1.807) is 0 Å². The first-order valence-corrected chi connectivity index (χ1v) is 9.27. The van der Waals surface area contributed by atoms with Crippen LogP contribution in [-0.2, 0) is 0 Å². The molecular formula is C15H20N2OS2. The fourth-order valence-corrected chi connectivity index (χ4v) is 5.45. The minimum atomic E-state index is 0.0528. The zero-order valence-electron chi connectivity index (χ0n) is 11.4. The van der Waals surface area contributed by atoms with E-state index in [-0.39, 0.29) is 11.9 Å². The summed E-state index contributed by atoms with van der Waals surface area (Å²) in [6.07, 6.45) is 2.21. The molecule has 0 saturated carbocycles. The first kappa shape index (κ1) is 14.3. The summed E-state index contributed by atoms with van der Waals surface area (Å²) in [5.74, 6) is 2.51. The molecule has 2 fully saturated rings. The number of hydrogen-bond donors (Lipinski definition) is 2. The van der Waals surface area contributed by atoms with Gasteiger partial charge in [0.15, 0.2) is 0 Å². The van der Waals surface area contributed by atoms with Crippen molar-refractivity contribution in [3.05, 3.63) is 35.4 Å². The highest BCUT2D eigenvalue weighted by atomic mass is 32.2. The number of thioether (sulfide) groups is 2. The predicted molar refractivity (Wildman–Crippen MR) is 87.5 cm³/mol. The Kier molecular flexibility index (Phi) is 4.91. The molecule has 0 radical (unpaired) electrons. The van der Waals surface area contributed by atoms with Crippen LogP contribution in [0, 0.1) is 0 Å². The third-order valence-electron chi connectivity index (χ3n) is 3.70. The summed E-state index contributed by atoms with van der Waals surface area (Å²) in [6.45, 7) is 1.96. The Morgan fingerprint density at radius 1 is 1.20 bits per heavy atom. The molecule has 1 aromatic rings. The fraction of sp³-hybridized carbons (Fsp3) is 0.533. The molecule has 20 heavy (non-hydrogen) atoms. The smallest absolute Gasteiger partial charge is 0.251 e. The van der Waals surface area contributed by atoms with Crippen molar-refractivity contribution in [2.24, 2.45) is 0 Å². The van der Waals surface area contributed by atoms with Crippen LogP contribution in [0.15, 0.2) is 24.3 Å². The molecular weight excluding hydrogens is 288 g/mol. The van der Waals surface area contributed by atoms with E-state index < -0.39 is 0 Å². The van der Waals surface area contributed by atoms with Gasteiger partial charge in [0.2, 0.25) is 0 Å². The Hall–Kier alpha value is -0.650. The molecule has 1 amide bonds. The normalized spacial score (nSPS) is 23.7. The van der Waals surface area contributed by atoms with Crippen LogP contribution >= 0.6 is 23.5 Å². The SMILES string of the molecule is O=C(NC1CCCNC1)c1ccc(C2SCCS2)cc1. The number of rotatable bonds is 3. The van der Waals surface area contributed by atoms with E-state index in [1.165, 1.54) is 17.1 Å². The Morgan fingerprint density at radius 3 is 2.60 bits per heavy atom. The largest absolute Gasteiger partial charge is 0.348 e. The van der Waals surface area contributed by atoms with E-state index in [0.717, 1.165) is 31.5 Å². The van der Waals surface area contributed by atoms with Crippen molar-refractivity contribution in [1.29, 1.82) is 0 Å². The summed E-state index contributed by atoms with van der Waals surface area (Å²) in [5.41, 5.74) is 2.10. The van der Waals surface area contributed by atoms with Gasteiger partial charge in [-0.15, -0.1) is 23.5 Å². The highest BCUT2D eigenvalue weighted by Gasteiger charge is 2.19. The van der Waals surface area contributed by atoms with Gasteiger partial charge in [-0.1, -0.05) is 12.1 Å². The maximum atomic E-state index is 12.2.